The first-order valence-corrected chi connectivity index (χ1v) is 19.7. The van der Waals surface area contributed by atoms with Crippen molar-refractivity contribution in [3.8, 4) is 17.1 Å². The van der Waals surface area contributed by atoms with Gasteiger partial charge >= 0.3 is 24.1 Å². The Balaban J connectivity index is 0.893. The predicted octanol–water partition coefficient (Wildman–Crippen LogP) is 4.24. The van der Waals surface area contributed by atoms with Crippen molar-refractivity contribution in [2.24, 2.45) is 0 Å². The van der Waals surface area contributed by atoms with Crippen LogP contribution in [0.15, 0.2) is 35.1 Å². The molecule has 0 aliphatic carbocycles. The molecular formula is C41H54N4O13. The van der Waals surface area contributed by atoms with E-state index in [9.17, 15) is 29.1 Å². The Hall–Kier alpha value is -5.10. The fraction of sp³-hybridized carbons (Fsp3) is 0.561. The van der Waals surface area contributed by atoms with Crippen LogP contribution in [0.2, 0.25) is 0 Å². The van der Waals surface area contributed by atoms with Crippen molar-refractivity contribution in [2.45, 2.75) is 90.6 Å². The molecule has 4 heterocycles. The second kappa shape index (κ2) is 20.5. The zero-order valence-electron chi connectivity index (χ0n) is 33.6. The van der Waals surface area contributed by atoms with E-state index >= 15 is 0 Å². The summed E-state index contributed by atoms with van der Waals surface area (Å²) in [7, 11) is 0. The lowest BCUT2D eigenvalue weighted by molar-refractivity contribution is -0.172. The van der Waals surface area contributed by atoms with Gasteiger partial charge in [0.1, 0.15) is 24.6 Å². The summed E-state index contributed by atoms with van der Waals surface area (Å²) in [6.07, 6.45) is 2.33. The summed E-state index contributed by atoms with van der Waals surface area (Å²) in [5.74, 6) is -0.734. The lowest BCUT2D eigenvalue weighted by atomic mass is 9.86. The van der Waals surface area contributed by atoms with Gasteiger partial charge in [-0.2, -0.15) is 0 Å². The van der Waals surface area contributed by atoms with Gasteiger partial charge in [-0.15, -0.1) is 0 Å². The summed E-state index contributed by atoms with van der Waals surface area (Å²) in [5, 5.41) is 17.3. The van der Waals surface area contributed by atoms with Crippen molar-refractivity contribution in [3.05, 3.63) is 57.4 Å². The molecule has 0 fully saturated rings. The van der Waals surface area contributed by atoms with Crippen LogP contribution in [0.4, 0.5) is 9.59 Å². The molecule has 0 bridgehead atoms. The minimum atomic E-state index is -1.90. The Morgan fingerprint density at radius 3 is 2.21 bits per heavy atom. The number of nitrogens with one attached hydrogen (secondary N) is 2. The third-order valence-electron chi connectivity index (χ3n) is 9.41. The molecule has 316 valence electrons. The van der Waals surface area contributed by atoms with E-state index in [1.54, 1.807) is 35.8 Å². The molecule has 3 aromatic rings. The first-order chi connectivity index (χ1) is 27.8. The number of hydrogen-bond acceptors (Lipinski definition) is 14. The second-order valence-electron chi connectivity index (χ2n) is 14.9. The van der Waals surface area contributed by atoms with Gasteiger partial charge in [0.25, 0.3) is 5.56 Å². The third kappa shape index (κ3) is 12.0. The molecule has 17 heteroatoms. The van der Waals surface area contributed by atoms with Gasteiger partial charge in [-0.3, -0.25) is 9.59 Å². The number of ether oxygens (including phenoxy) is 7. The minimum absolute atomic E-state index is 0.0625. The summed E-state index contributed by atoms with van der Waals surface area (Å²) in [4.78, 5) is 66.6. The van der Waals surface area contributed by atoms with Crippen molar-refractivity contribution < 1.29 is 57.4 Å². The van der Waals surface area contributed by atoms with Gasteiger partial charge in [0.05, 0.1) is 75.1 Å². The number of hydrogen-bond donors (Lipinski definition) is 3. The average Bonchev–Trinajstić information content (AvgIpc) is 3.53. The van der Waals surface area contributed by atoms with Crippen LogP contribution in [0, 0.1) is 0 Å². The molecule has 2 aromatic heterocycles. The van der Waals surface area contributed by atoms with Crippen LogP contribution in [0.3, 0.4) is 0 Å². The zero-order chi connectivity index (χ0) is 41.7. The summed E-state index contributed by atoms with van der Waals surface area (Å²) >= 11 is 0. The molecule has 58 heavy (non-hydrogen) atoms. The number of rotatable bonds is 21. The standard InChI is InChI=1S/C41H54N4O13/c1-5-41(51)31-24-33-35-28(25-45(33)36(47)30(31)26-56-37(41)48)22-27-23-29(10-11-32(27)44-35)57-39(50)43-14-9-7-6-8-13-42-38(49)55-21-20-54-19-18-53-17-16-52-15-12-34(46)58-40(2,3)4/h10-11,22-24,51H,5-9,12-21,25-26H2,1-4H3,(H,42,49)(H,43,50)/t41-/m0/s1. The van der Waals surface area contributed by atoms with Gasteiger partial charge in [-0.1, -0.05) is 19.8 Å². The Bertz CT molecular complexity index is 1990. The molecule has 0 radical (unpaired) electrons. The number of fused-ring (bicyclic) bond motifs is 5. The highest BCUT2D eigenvalue weighted by molar-refractivity contribution is 5.87. The van der Waals surface area contributed by atoms with E-state index in [0.29, 0.717) is 62.2 Å². The van der Waals surface area contributed by atoms with Crippen LogP contribution in [0.1, 0.15) is 82.9 Å². The van der Waals surface area contributed by atoms with E-state index in [1.807, 2.05) is 26.8 Å². The normalized spacial score (nSPS) is 15.6. The lowest BCUT2D eigenvalue weighted by Crippen LogP contribution is -2.44. The highest BCUT2D eigenvalue weighted by Crippen LogP contribution is 2.39. The van der Waals surface area contributed by atoms with Crippen molar-refractivity contribution >= 4 is 35.0 Å². The van der Waals surface area contributed by atoms with E-state index in [0.717, 1.165) is 36.6 Å². The van der Waals surface area contributed by atoms with Crippen LogP contribution in [0.25, 0.3) is 22.3 Å². The quantitative estimate of drug-likeness (QED) is 0.0611. The smallest absolute Gasteiger partial charge is 0.412 e. The molecular weight excluding hydrogens is 756 g/mol. The first-order valence-electron chi connectivity index (χ1n) is 19.7. The number of carbonyl (C=O) groups is 4. The van der Waals surface area contributed by atoms with Gasteiger partial charge in [0.2, 0.25) is 0 Å². The zero-order valence-corrected chi connectivity index (χ0v) is 33.6. The molecule has 2 aliphatic heterocycles. The SMILES string of the molecule is CC[C@@]1(O)C(=O)OCc2c1cc1n(c2=O)Cc2cc3cc(OC(=O)NCCCCCCNC(=O)OCCOCCOCCOCCC(=O)OC(C)(C)C)ccc3nc2-1. The van der Waals surface area contributed by atoms with Crippen molar-refractivity contribution in [2.75, 3.05) is 59.3 Å². The first kappa shape index (κ1) is 44.0. The van der Waals surface area contributed by atoms with Crippen molar-refractivity contribution in [1.82, 2.24) is 20.2 Å². The molecule has 0 unspecified atom stereocenters. The fourth-order valence-electron chi connectivity index (χ4n) is 6.49. The largest absolute Gasteiger partial charge is 0.460 e. The lowest BCUT2D eigenvalue weighted by Gasteiger charge is -2.31. The Morgan fingerprint density at radius 1 is 0.879 bits per heavy atom. The monoisotopic (exact) mass is 810 g/mol. The summed E-state index contributed by atoms with van der Waals surface area (Å²) in [5.41, 5.74) is 0.292. The predicted molar refractivity (Wildman–Crippen MR) is 209 cm³/mol. The van der Waals surface area contributed by atoms with E-state index in [4.69, 9.17) is 38.1 Å². The molecule has 0 saturated carbocycles. The molecule has 0 spiro atoms. The summed E-state index contributed by atoms with van der Waals surface area (Å²) in [6.45, 7) is 10.1. The highest BCUT2D eigenvalue weighted by Gasteiger charge is 2.45. The molecule has 17 nitrogen and oxygen atoms in total. The number of nitrogens with zero attached hydrogens (tertiary/aromatic N) is 2. The maximum Gasteiger partial charge on any atom is 0.412 e. The molecule has 3 N–H and O–H groups in total. The van der Waals surface area contributed by atoms with Crippen LogP contribution in [-0.4, -0.2) is 104 Å². The minimum Gasteiger partial charge on any atom is -0.460 e. The number of aliphatic hydroxyl groups is 1. The van der Waals surface area contributed by atoms with E-state index in [1.165, 1.54) is 0 Å². The van der Waals surface area contributed by atoms with Crippen LogP contribution in [-0.2, 0) is 56.8 Å². The Morgan fingerprint density at radius 2 is 1.53 bits per heavy atom. The topological polar surface area (TPSA) is 212 Å². The number of benzene rings is 1. The molecule has 5 rings (SSSR count). The summed E-state index contributed by atoms with van der Waals surface area (Å²) < 4.78 is 38.7. The number of esters is 2. The maximum atomic E-state index is 13.4. The van der Waals surface area contributed by atoms with Gasteiger partial charge in [-0.25, -0.2) is 19.4 Å². The average molecular weight is 811 g/mol. The number of amides is 2. The fourth-order valence-corrected chi connectivity index (χ4v) is 6.49. The number of alkyl carbamates (subject to hydrolysis) is 1. The molecule has 2 aliphatic rings. The molecule has 1 aromatic carbocycles. The number of aromatic nitrogens is 2. The highest BCUT2D eigenvalue weighted by atomic mass is 16.6. The summed E-state index contributed by atoms with van der Waals surface area (Å²) in [6, 6.07) is 8.64. The van der Waals surface area contributed by atoms with Crippen LogP contribution >= 0.6 is 0 Å². The Labute approximate surface area is 336 Å². The van der Waals surface area contributed by atoms with Crippen LogP contribution < -0.4 is 20.9 Å². The molecule has 1 atom stereocenters. The number of cyclic esters (lactones) is 1. The van der Waals surface area contributed by atoms with Gasteiger partial charge in [0, 0.05) is 29.6 Å². The number of carbonyl (C=O) groups excluding carboxylic acids is 4. The molecule has 0 saturated heterocycles. The van der Waals surface area contributed by atoms with Crippen molar-refractivity contribution in [1.29, 1.82) is 0 Å². The number of pyridine rings is 2. The second-order valence-corrected chi connectivity index (χ2v) is 14.9. The third-order valence-corrected chi connectivity index (χ3v) is 9.41. The molecule has 2 amide bonds. The van der Waals surface area contributed by atoms with E-state index in [2.05, 4.69) is 10.6 Å². The Kier molecular flexibility index (Phi) is 15.6. The van der Waals surface area contributed by atoms with Gasteiger partial charge in [0.15, 0.2) is 5.60 Å². The number of unbranched alkanes of at least 4 members (excludes halogenated alkanes) is 3. The van der Waals surface area contributed by atoms with Gasteiger partial charge in [-0.05, 0) is 70.4 Å². The maximum absolute atomic E-state index is 13.4. The van der Waals surface area contributed by atoms with Gasteiger partial charge < -0.3 is 53.5 Å². The van der Waals surface area contributed by atoms with E-state index in [-0.39, 0.29) is 68.5 Å². The van der Waals surface area contributed by atoms with E-state index < -0.39 is 29.4 Å². The van der Waals surface area contributed by atoms with Crippen molar-refractivity contribution in [3.63, 3.8) is 0 Å². The van der Waals surface area contributed by atoms with Crippen LogP contribution in [0.5, 0.6) is 5.75 Å².